The molecule has 3 rings (SSSR count). The second-order valence-corrected chi connectivity index (χ2v) is 8.17. The predicted octanol–water partition coefficient (Wildman–Crippen LogP) is 4.41. The van der Waals surface area contributed by atoms with Gasteiger partial charge in [0.2, 0.25) is 11.8 Å². The lowest BCUT2D eigenvalue weighted by Crippen LogP contribution is -2.44. The van der Waals surface area contributed by atoms with Gasteiger partial charge in [-0.25, -0.2) is 0 Å². The second kappa shape index (κ2) is 9.70. The molecule has 2 aromatic carbocycles. The summed E-state index contributed by atoms with van der Waals surface area (Å²) in [7, 11) is 0. The Kier molecular flexibility index (Phi) is 7.04. The summed E-state index contributed by atoms with van der Waals surface area (Å²) in [5, 5.41) is 6.10. The van der Waals surface area contributed by atoms with Crippen LogP contribution in [0.3, 0.4) is 0 Å². The molecule has 5 heteroatoms. The lowest BCUT2D eigenvalue weighted by molar-refractivity contribution is -0.123. The van der Waals surface area contributed by atoms with E-state index in [0.717, 1.165) is 41.9 Å². The van der Waals surface area contributed by atoms with E-state index < -0.39 is 0 Å². The molecule has 5 nitrogen and oxygen atoms in total. The van der Waals surface area contributed by atoms with E-state index in [9.17, 15) is 9.59 Å². The highest BCUT2D eigenvalue weighted by Crippen LogP contribution is 2.27. The van der Waals surface area contributed by atoms with E-state index in [-0.39, 0.29) is 17.7 Å². The molecule has 1 saturated heterocycles. The van der Waals surface area contributed by atoms with Gasteiger partial charge in [0, 0.05) is 17.9 Å². The first-order chi connectivity index (χ1) is 13.9. The lowest BCUT2D eigenvalue weighted by atomic mass is 9.96. The van der Waals surface area contributed by atoms with Crippen LogP contribution in [-0.4, -0.2) is 36.3 Å². The van der Waals surface area contributed by atoms with Crippen LogP contribution in [-0.2, 0) is 9.59 Å². The smallest absolute Gasteiger partial charge is 0.238 e. The molecule has 2 aromatic rings. The van der Waals surface area contributed by atoms with Gasteiger partial charge in [0.05, 0.1) is 12.5 Å². The Labute approximate surface area is 173 Å². The van der Waals surface area contributed by atoms with Crippen molar-refractivity contribution in [3.8, 4) is 0 Å². The molecule has 0 bridgehead atoms. The summed E-state index contributed by atoms with van der Waals surface area (Å²) in [5.74, 6) is 0.250. The van der Waals surface area contributed by atoms with Gasteiger partial charge in [0.15, 0.2) is 0 Å². The maximum atomic E-state index is 12.7. The van der Waals surface area contributed by atoms with Crippen molar-refractivity contribution in [1.29, 1.82) is 0 Å². The molecule has 1 aliphatic rings. The summed E-state index contributed by atoms with van der Waals surface area (Å²) in [4.78, 5) is 27.4. The number of hydrogen-bond donors (Lipinski definition) is 2. The molecule has 1 atom stereocenters. The first-order valence-electron chi connectivity index (χ1n) is 10.4. The number of benzene rings is 2. The first kappa shape index (κ1) is 21.1. The highest BCUT2D eigenvalue weighted by Gasteiger charge is 2.27. The number of carbonyl (C=O) groups excluding carboxylic acids is 2. The van der Waals surface area contributed by atoms with Crippen molar-refractivity contribution < 1.29 is 9.59 Å². The molecule has 0 radical (unpaired) electrons. The van der Waals surface area contributed by atoms with Crippen molar-refractivity contribution in [1.82, 2.24) is 4.90 Å². The van der Waals surface area contributed by atoms with Crippen LogP contribution in [0.1, 0.15) is 43.7 Å². The number of nitrogens with one attached hydrogen (secondary N) is 2. The average molecular weight is 394 g/mol. The Morgan fingerprint density at radius 1 is 1.07 bits per heavy atom. The standard InChI is InChI=1S/C24H31N3O2/c1-17(2)21-13-7-9-18(3)23(21)26-22(28)16-27-14-8-10-19(15-27)24(29)25-20-11-5-4-6-12-20/h4-7,9,11-13,17,19H,8,10,14-16H2,1-3H3,(H,25,29)(H,26,28)/t19-/m1/s1. The Balaban J connectivity index is 1.58. The molecule has 2 N–H and O–H groups in total. The van der Waals surface area contributed by atoms with Gasteiger partial charge in [-0.1, -0.05) is 50.2 Å². The molecule has 1 fully saturated rings. The largest absolute Gasteiger partial charge is 0.326 e. The number of nitrogens with zero attached hydrogens (tertiary/aromatic N) is 1. The number of anilines is 2. The topological polar surface area (TPSA) is 61.4 Å². The number of hydrogen-bond acceptors (Lipinski definition) is 3. The molecule has 1 heterocycles. The summed E-state index contributed by atoms with van der Waals surface area (Å²) < 4.78 is 0. The number of piperidine rings is 1. The molecular formula is C24H31N3O2. The maximum absolute atomic E-state index is 12.7. The number of amides is 2. The van der Waals surface area contributed by atoms with Gasteiger partial charge in [0.1, 0.15) is 0 Å². The van der Waals surface area contributed by atoms with Gasteiger partial charge in [-0.05, 0) is 55.5 Å². The van der Waals surface area contributed by atoms with Crippen LogP contribution in [0.15, 0.2) is 48.5 Å². The van der Waals surface area contributed by atoms with Crippen LogP contribution in [0.2, 0.25) is 0 Å². The van der Waals surface area contributed by atoms with Crippen molar-refractivity contribution in [2.75, 3.05) is 30.3 Å². The second-order valence-electron chi connectivity index (χ2n) is 8.17. The van der Waals surface area contributed by atoms with Gasteiger partial charge in [-0.15, -0.1) is 0 Å². The molecule has 29 heavy (non-hydrogen) atoms. The molecule has 0 aliphatic carbocycles. The minimum absolute atomic E-state index is 0.0229. The van der Waals surface area contributed by atoms with Gasteiger partial charge < -0.3 is 10.6 Å². The zero-order valence-corrected chi connectivity index (χ0v) is 17.6. The SMILES string of the molecule is Cc1cccc(C(C)C)c1NC(=O)CN1CCC[C@@H](C(=O)Nc2ccccc2)C1. The third-order valence-electron chi connectivity index (χ3n) is 5.48. The van der Waals surface area contributed by atoms with Crippen LogP contribution in [0, 0.1) is 12.8 Å². The maximum Gasteiger partial charge on any atom is 0.238 e. The zero-order chi connectivity index (χ0) is 20.8. The quantitative estimate of drug-likeness (QED) is 0.764. The van der Waals surface area contributed by atoms with E-state index in [1.165, 1.54) is 0 Å². The molecular weight excluding hydrogens is 362 g/mol. The summed E-state index contributed by atoms with van der Waals surface area (Å²) in [6.45, 7) is 8.04. The van der Waals surface area contributed by atoms with E-state index >= 15 is 0 Å². The molecule has 154 valence electrons. The Bertz CT molecular complexity index is 848. The predicted molar refractivity (Wildman–Crippen MR) is 118 cm³/mol. The van der Waals surface area contributed by atoms with Crippen LogP contribution >= 0.6 is 0 Å². The molecule has 0 unspecified atom stereocenters. The Morgan fingerprint density at radius 3 is 2.55 bits per heavy atom. The number of carbonyl (C=O) groups is 2. The fraction of sp³-hybridized carbons (Fsp3) is 0.417. The molecule has 1 aliphatic heterocycles. The molecule has 2 amide bonds. The fourth-order valence-corrected chi connectivity index (χ4v) is 3.90. The Hall–Kier alpha value is -2.66. The summed E-state index contributed by atoms with van der Waals surface area (Å²) in [6.07, 6.45) is 1.77. The van der Waals surface area contributed by atoms with Gasteiger partial charge in [-0.2, -0.15) is 0 Å². The van der Waals surface area contributed by atoms with Crippen molar-refractivity contribution in [3.05, 3.63) is 59.7 Å². The minimum Gasteiger partial charge on any atom is -0.326 e. The zero-order valence-electron chi connectivity index (χ0n) is 17.6. The van der Waals surface area contributed by atoms with E-state index in [2.05, 4.69) is 35.4 Å². The van der Waals surface area contributed by atoms with Crippen molar-refractivity contribution in [2.45, 2.75) is 39.5 Å². The van der Waals surface area contributed by atoms with Crippen LogP contribution in [0.4, 0.5) is 11.4 Å². The van der Waals surface area contributed by atoms with Crippen molar-refractivity contribution >= 4 is 23.2 Å². The van der Waals surface area contributed by atoms with E-state index in [1.807, 2.05) is 49.4 Å². The molecule has 0 saturated carbocycles. The number of rotatable bonds is 6. The van der Waals surface area contributed by atoms with Crippen molar-refractivity contribution in [2.24, 2.45) is 5.92 Å². The van der Waals surface area contributed by atoms with Gasteiger partial charge >= 0.3 is 0 Å². The fourth-order valence-electron chi connectivity index (χ4n) is 3.90. The summed E-state index contributed by atoms with van der Waals surface area (Å²) in [6, 6.07) is 15.6. The first-order valence-corrected chi connectivity index (χ1v) is 10.4. The van der Waals surface area contributed by atoms with E-state index in [4.69, 9.17) is 0 Å². The van der Waals surface area contributed by atoms with Crippen LogP contribution in [0.5, 0.6) is 0 Å². The van der Waals surface area contributed by atoms with Crippen molar-refractivity contribution in [3.63, 3.8) is 0 Å². The monoisotopic (exact) mass is 393 g/mol. The van der Waals surface area contributed by atoms with Crippen LogP contribution in [0.25, 0.3) is 0 Å². The Morgan fingerprint density at radius 2 is 1.83 bits per heavy atom. The summed E-state index contributed by atoms with van der Waals surface area (Å²) >= 11 is 0. The molecule has 0 spiro atoms. The van der Waals surface area contributed by atoms with Gasteiger partial charge in [0.25, 0.3) is 0 Å². The van der Waals surface area contributed by atoms with E-state index in [1.54, 1.807) is 0 Å². The van der Waals surface area contributed by atoms with E-state index in [0.29, 0.717) is 19.0 Å². The third kappa shape index (κ3) is 5.67. The number of para-hydroxylation sites is 2. The molecule has 0 aromatic heterocycles. The van der Waals surface area contributed by atoms with Crippen LogP contribution < -0.4 is 10.6 Å². The minimum atomic E-state index is -0.0959. The van der Waals surface area contributed by atoms with Gasteiger partial charge in [-0.3, -0.25) is 14.5 Å². The lowest BCUT2D eigenvalue weighted by Gasteiger charge is -2.31. The highest BCUT2D eigenvalue weighted by atomic mass is 16.2. The highest BCUT2D eigenvalue weighted by molar-refractivity contribution is 5.94. The number of likely N-dealkylation sites (tertiary alicyclic amines) is 1. The third-order valence-corrected chi connectivity index (χ3v) is 5.48. The normalized spacial score (nSPS) is 17.2. The summed E-state index contributed by atoms with van der Waals surface area (Å²) in [5.41, 5.74) is 3.96. The number of aryl methyl sites for hydroxylation is 1. The average Bonchev–Trinajstić information content (AvgIpc) is 2.70.